The van der Waals surface area contributed by atoms with Crippen molar-refractivity contribution in [2.45, 2.75) is 12.4 Å². The van der Waals surface area contributed by atoms with E-state index in [0.717, 1.165) is 18.2 Å². The van der Waals surface area contributed by atoms with Crippen molar-refractivity contribution in [2.75, 3.05) is 0 Å². The summed E-state index contributed by atoms with van der Waals surface area (Å²) >= 11 is 0. The molecule has 4 aromatic rings. The maximum absolute atomic E-state index is 13.7. The van der Waals surface area contributed by atoms with E-state index in [-0.39, 0.29) is 5.56 Å². The van der Waals surface area contributed by atoms with Gasteiger partial charge in [-0.25, -0.2) is 0 Å². The normalized spacial score (nSPS) is 12.3. The number of benzene rings is 2. The maximum Gasteiger partial charge on any atom is 0.422 e. The molecule has 2 aromatic carbocycles. The van der Waals surface area contributed by atoms with Crippen molar-refractivity contribution in [3.05, 3.63) is 65.7 Å². The van der Waals surface area contributed by atoms with Gasteiger partial charge in [0.25, 0.3) is 5.89 Å². The van der Waals surface area contributed by atoms with Crippen LogP contribution in [0.15, 0.2) is 63.6 Å². The van der Waals surface area contributed by atoms with Crippen LogP contribution in [0, 0.1) is 0 Å². The van der Waals surface area contributed by atoms with Gasteiger partial charge in [0.05, 0.1) is 5.56 Å². The summed E-state index contributed by atoms with van der Waals surface area (Å²) < 4.78 is 90.4. The Morgan fingerprint density at radius 3 is 2.03 bits per heavy atom. The molecular weight excluding hydrogens is 416 g/mol. The van der Waals surface area contributed by atoms with Crippen LogP contribution in [0.2, 0.25) is 0 Å². The standard InChI is InChI=1S/C19H9F6N3O2/c20-18(21,22)12-9-5-4-8-11(12)16-26-17(30-28-16)15-13(19(23,24)25)14(27-29-15)10-6-2-1-3-7-10/h1-9H. The fraction of sp³-hybridized carbons (Fsp3) is 0.105. The van der Waals surface area contributed by atoms with Gasteiger partial charge in [0.15, 0.2) is 0 Å². The van der Waals surface area contributed by atoms with Crippen molar-refractivity contribution < 1.29 is 35.4 Å². The quantitative estimate of drug-likeness (QED) is 0.372. The fourth-order valence-corrected chi connectivity index (χ4v) is 2.84. The first kappa shape index (κ1) is 19.7. The molecule has 0 atom stereocenters. The van der Waals surface area contributed by atoms with Crippen molar-refractivity contribution in [1.82, 2.24) is 15.3 Å². The lowest BCUT2D eigenvalue weighted by Gasteiger charge is -2.09. The summed E-state index contributed by atoms with van der Waals surface area (Å²) in [7, 11) is 0. The zero-order valence-corrected chi connectivity index (χ0v) is 14.6. The highest BCUT2D eigenvalue weighted by molar-refractivity contribution is 5.71. The van der Waals surface area contributed by atoms with Gasteiger partial charge in [-0.3, -0.25) is 0 Å². The second kappa shape index (κ2) is 7.01. The van der Waals surface area contributed by atoms with Gasteiger partial charge in [-0.15, -0.1) is 0 Å². The van der Waals surface area contributed by atoms with E-state index in [1.165, 1.54) is 30.3 Å². The third-order valence-corrected chi connectivity index (χ3v) is 4.12. The molecule has 30 heavy (non-hydrogen) atoms. The number of nitrogens with zero attached hydrogens (tertiary/aromatic N) is 3. The zero-order valence-electron chi connectivity index (χ0n) is 14.6. The summed E-state index contributed by atoms with van der Waals surface area (Å²) in [5.41, 5.74) is -3.16. The lowest BCUT2D eigenvalue weighted by Crippen LogP contribution is -2.08. The second-order valence-electron chi connectivity index (χ2n) is 6.07. The predicted molar refractivity (Wildman–Crippen MR) is 90.7 cm³/mol. The van der Waals surface area contributed by atoms with Gasteiger partial charge in [0, 0.05) is 11.1 Å². The number of alkyl halides is 6. The van der Waals surface area contributed by atoms with E-state index >= 15 is 0 Å². The van der Waals surface area contributed by atoms with Crippen molar-refractivity contribution in [2.24, 2.45) is 0 Å². The molecule has 0 bridgehead atoms. The molecule has 0 fully saturated rings. The fourth-order valence-electron chi connectivity index (χ4n) is 2.84. The first-order chi connectivity index (χ1) is 14.2. The van der Waals surface area contributed by atoms with Crippen LogP contribution in [0.4, 0.5) is 26.3 Å². The van der Waals surface area contributed by atoms with Crippen molar-refractivity contribution in [3.63, 3.8) is 0 Å². The Morgan fingerprint density at radius 1 is 0.700 bits per heavy atom. The molecule has 0 aliphatic carbocycles. The topological polar surface area (TPSA) is 65.0 Å². The molecule has 4 rings (SSSR count). The lowest BCUT2D eigenvalue weighted by molar-refractivity contribution is -0.137. The van der Waals surface area contributed by atoms with Gasteiger partial charge >= 0.3 is 12.4 Å². The Balaban J connectivity index is 1.84. The van der Waals surface area contributed by atoms with Gasteiger partial charge in [-0.2, -0.15) is 31.3 Å². The van der Waals surface area contributed by atoms with E-state index in [2.05, 4.69) is 15.3 Å². The molecule has 0 amide bonds. The summed E-state index contributed by atoms with van der Waals surface area (Å²) in [5, 5.41) is 6.87. The molecule has 0 saturated carbocycles. The summed E-state index contributed by atoms with van der Waals surface area (Å²) in [6, 6.07) is 11.8. The molecule has 11 heteroatoms. The largest absolute Gasteiger partial charge is 0.422 e. The zero-order chi connectivity index (χ0) is 21.5. The Morgan fingerprint density at radius 2 is 1.37 bits per heavy atom. The number of halogens is 6. The summed E-state index contributed by atoms with van der Waals surface area (Å²) in [6.07, 6.45) is -9.62. The molecule has 0 unspecified atom stereocenters. The highest BCUT2D eigenvalue weighted by Gasteiger charge is 2.43. The maximum atomic E-state index is 13.7. The lowest BCUT2D eigenvalue weighted by atomic mass is 10.1. The second-order valence-corrected chi connectivity index (χ2v) is 6.07. The minimum atomic E-state index is -4.90. The number of rotatable bonds is 3. The summed E-state index contributed by atoms with van der Waals surface area (Å²) in [6.45, 7) is 0. The number of aromatic nitrogens is 3. The van der Waals surface area contributed by atoms with Crippen LogP contribution in [0.1, 0.15) is 11.1 Å². The molecule has 0 N–H and O–H groups in total. The van der Waals surface area contributed by atoms with Gasteiger partial charge in [0.1, 0.15) is 11.3 Å². The molecule has 0 aliphatic heterocycles. The average Bonchev–Trinajstić information content (AvgIpc) is 3.35. The Bertz CT molecular complexity index is 1180. The van der Waals surface area contributed by atoms with E-state index in [4.69, 9.17) is 9.05 Å². The van der Waals surface area contributed by atoms with Gasteiger partial charge in [0.2, 0.25) is 11.6 Å². The van der Waals surface area contributed by atoms with Crippen LogP contribution in [0.5, 0.6) is 0 Å². The third-order valence-electron chi connectivity index (χ3n) is 4.12. The van der Waals surface area contributed by atoms with E-state index < -0.39 is 52.2 Å². The summed E-state index contributed by atoms with van der Waals surface area (Å²) in [4.78, 5) is 3.69. The van der Waals surface area contributed by atoms with E-state index in [0.29, 0.717) is 0 Å². The van der Waals surface area contributed by atoms with Crippen molar-refractivity contribution >= 4 is 0 Å². The highest BCUT2D eigenvalue weighted by atomic mass is 19.4. The molecule has 0 saturated heterocycles. The molecule has 0 aliphatic rings. The third kappa shape index (κ3) is 3.53. The summed E-state index contributed by atoms with van der Waals surface area (Å²) in [5.74, 6) is -2.17. The van der Waals surface area contributed by atoms with Gasteiger partial charge in [-0.05, 0) is 6.07 Å². The Kier molecular flexibility index (Phi) is 4.60. The van der Waals surface area contributed by atoms with Crippen LogP contribution >= 0.6 is 0 Å². The van der Waals surface area contributed by atoms with E-state index in [1.54, 1.807) is 6.07 Å². The molecular formula is C19H9F6N3O2. The molecule has 0 spiro atoms. The molecule has 154 valence electrons. The van der Waals surface area contributed by atoms with Crippen LogP contribution in [-0.2, 0) is 12.4 Å². The van der Waals surface area contributed by atoms with Crippen LogP contribution in [0.3, 0.4) is 0 Å². The number of hydrogen-bond acceptors (Lipinski definition) is 5. The first-order valence-corrected chi connectivity index (χ1v) is 8.29. The smallest absolute Gasteiger partial charge is 0.350 e. The predicted octanol–water partition coefficient (Wildman–Crippen LogP) is 6.10. The minimum absolute atomic E-state index is 0.127. The van der Waals surface area contributed by atoms with Crippen LogP contribution in [0.25, 0.3) is 34.3 Å². The molecule has 2 aromatic heterocycles. The number of hydrogen-bond donors (Lipinski definition) is 0. The first-order valence-electron chi connectivity index (χ1n) is 8.29. The molecule has 2 heterocycles. The molecule has 0 radical (unpaired) electrons. The highest BCUT2D eigenvalue weighted by Crippen LogP contribution is 2.43. The SMILES string of the molecule is FC(F)(F)c1ccccc1-c1noc(-c2onc(-c3ccccc3)c2C(F)(F)F)n1. The minimum Gasteiger partial charge on any atom is -0.350 e. The van der Waals surface area contributed by atoms with Crippen molar-refractivity contribution in [3.8, 4) is 34.3 Å². The average molecular weight is 425 g/mol. The Hall–Kier alpha value is -3.63. The van der Waals surface area contributed by atoms with Crippen LogP contribution in [-0.4, -0.2) is 15.3 Å². The van der Waals surface area contributed by atoms with E-state index in [9.17, 15) is 26.3 Å². The van der Waals surface area contributed by atoms with Crippen molar-refractivity contribution in [1.29, 1.82) is 0 Å². The molecule has 5 nitrogen and oxygen atoms in total. The van der Waals surface area contributed by atoms with E-state index in [1.807, 2.05) is 0 Å². The van der Waals surface area contributed by atoms with Gasteiger partial charge < -0.3 is 9.05 Å². The Labute approximate surface area is 163 Å². The monoisotopic (exact) mass is 425 g/mol. The van der Waals surface area contributed by atoms with Crippen LogP contribution < -0.4 is 0 Å². The van der Waals surface area contributed by atoms with Gasteiger partial charge in [-0.1, -0.05) is 58.8 Å².